The number of carbonyl (C=O) groups is 1. The third kappa shape index (κ3) is 5.81. The fourth-order valence-electron chi connectivity index (χ4n) is 5.41. The summed E-state index contributed by atoms with van der Waals surface area (Å²) in [4.78, 5) is 17.0. The minimum absolute atomic E-state index is 0.158. The number of hydrogen-bond acceptors (Lipinski definition) is 2. The molecule has 1 amide bonds. The second-order valence-corrected chi connectivity index (χ2v) is 10.0. The van der Waals surface area contributed by atoms with Crippen molar-refractivity contribution in [3.63, 3.8) is 0 Å². The molecule has 1 saturated heterocycles. The van der Waals surface area contributed by atoms with Gasteiger partial charge in [0.05, 0.1) is 0 Å². The number of hydrogen-bond donors (Lipinski definition) is 0. The van der Waals surface area contributed by atoms with Crippen LogP contribution in [0.1, 0.15) is 80.1 Å². The predicted molar refractivity (Wildman–Crippen MR) is 134 cm³/mol. The molecular formula is C29H40N2O. The lowest BCUT2D eigenvalue weighted by Crippen LogP contribution is -2.47. The van der Waals surface area contributed by atoms with E-state index in [-0.39, 0.29) is 5.91 Å². The van der Waals surface area contributed by atoms with Gasteiger partial charge in [0.1, 0.15) is 0 Å². The summed E-state index contributed by atoms with van der Waals surface area (Å²) in [5.74, 6) is 1.85. The Morgan fingerprint density at radius 3 is 2.00 bits per heavy atom. The maximum atomic E-state index is 12.8. The first kappa shape index (κ1) is 23.0. The van der Waals surface area contributed by atoms with Gasteiger partial charge in [-0.2, -0.15) is 0 Å². The summed E-state index contributed by atoms with van der Waals surface area (Å²) in [5.41, 5.74) is 4.72. The van der Waals surface area contributed by atoms with Crippen LogP contribution in [-0.2, 0) is 0 Å². The summed E-state index contributed by atoms with van der Waals surface area (Å²) in [6, 6.07) is 17.4. The van der Waals surface area contributed by atoms with Crippen molar-refractivity contribution in [2.75, 3.05) is 33.2 Å². The molecule has 0 radical (unpaired) electrons. The second-order valence-electron chi connectivity index (χ2n) is 10.0. The van der Waals surface area contributed by atoms with Crippen molar-refractivity contribution in [3.8, 4) is 11.1 Å². The molecule has 2 aromatic carbocycles. The van der Waals surface area contributed by atoms with Crippen molar-refractivity contribution in [3.05, 3.63) is 59.7 Å². The van der Waals surface area contributed by atoms with Crippen molar-refractivity contribution >= 4 is 5.91 Å². The minimum atomic E-state index is 0.158. The van der Waals surface area contributed by atoms with Crippen LogP contribution in [0.15, 0.2) is 48.5 Å². The number of unbranched alkanes of at least 4 members (excludes halogenated alkanes) is 2. The van der Waals surface area contributed by atoms with Crippen LogP contribution in [0.3, 0.4) is 0 Å². The largest absolute Gasteiger partial charge is 0.336 e. The Balaban J connectivity index is 1.32. The molecule has 1 aliphatic carbocycles. The van der Waals surface area contributed by atoms with Crippen LogP contribution in [0.5, 0.6) is 0 Å². The molecule has 0 bridgehead atoms. The standard InChI is InChI=1S/C29H40N2O/c1-3-4-5-6-23-7-9-24(10-8-23)25-11-13-26(14-12-25)27-15-17-28(18-16-27)29(32)31-21-19-30(2)20-22-31/h11-18,23-24H,3-10,19-22H2,1-2H3. The average molecular weight is 433 g/mol. The number of rotatable bonds is 7. The van der Waals surface area contributed by atoms with Gasteiger partial charge in [0.15, 0.2) is 0 Å². The summed E-state index contributed by atoms with van der Waals surface area (Å²) in [7, 11) is 2.11. The summed E-state index contributed by atoms with van der Waals surface area (Å²) in [5, 5.41) is 0. The molecule has 2 aliphatic rings. The van der Waals surface area contributed by atoms with Crippen molar-refractivity contribution in [1.29, 1.82) is 0 Å². The number of carbonyl (C=O) groups excluding carboxylic acids is 1. The maximum absolute atomic E-state index is 12.8. The van der Waals surface area contributed by atoms with E-state index in [1.807, 2.05) is 17.0 Å². The van der Waals surface area contributed by atoms with Crippen molar-refractivity contribution in [2.45, 2.75) is 64.2 Å². The Kier molecular flexibility index (Phi) is 8.02. The number of nitrogens with zero attached hydrogens (tertiary/aromatic N) is 2. The van der Waals surface area contributed by atoms with Crippen LogP contribution in [0.2, 0.25) is 0 Å². The van der Waals surface area contributed by atoms with Crippen molar-refractivity contribution in [1.82, 2.24) is 9.80 Å². The molecule has 3 heteroatoms. The molecule has 1 aliphatic heterocycles. The summed E-state index contributed by atoms with van der Waals surface area (Å²) in [6.07, 6.45) is 11.1. The zero-order chi connectivity index (χ0) is 22.3. The Labute approximate surface area is 194 Å². The monoisotopic (exact) mass is 432 g/mol. The van der Waals surface area contributed by atoms with Gasteiger partial charge < -0.3 is 9.80 Å². The third-order valence-electron chi connectivity index (χ3n) is 7.70. The van der Waals surface area contributed by atoms with E-state index >= 15 is 0 Å². The number of likely N-dealkylation sites (N-methyl/N-ethyl adjacent to an activating group) is 1. The van der Waals surface area contributed by atoms with E-state index in [0.29, 0.717) is 0 Å². The van der Waals surface area contributed by atoms with Gasteiger partial charge >= 0.3 is 0 Å². The van der Waals surface area contributed by atoms with Crippen LogP contribution in [0.25, 0.3) is 11.1 Å². The Bertz CT molecular complexity index is 842. The van der Waals surface area contributed by atoms with Gasteiger partial charge in [-0.15, -0.1) is 0 Å². The molecular weight excluding hydrogens is 392 g/mol. The SMILES string of the molecule is CCCCCC1CCC(c2ccc(-c3ccc(C(=O)N4CCN(C)CC4)cc3)cc2)CC1. The summed E-state index contributed by atoms with van der Waals surface area (Å²) in [6.45, 7) is 5.84. The molecule has 0 atom stereocenters. The van der Waals surface area contributed by atoms with Crippen LogP contribution in [0.4, 0.5) is 0 Å². The van der Waals surface area contributed by atoms with Crippen molar-refractivity contribution in [2.24, 2.45) is 5.92 Å². The van der Waals surface area contributed by atoms with E-state index < -0.39 is 0 Å². The Morgan fingerprint density at radius 1 is 0.812 bits per heavy atom. The van der Waals surface area contributed by atoms with E-state index in [1.54, 1.807) is 0 Å². The predicted octanol–water partition coefficient (Wildman–Crippen LogP) is 6.60. The van der Waals surface area contributed by atoms with E-state index in [2.05, 4.69) is 55.3 Å². The molecule has 1 saturated carbocycles. The zero-order valence-electron chi connectivity index (χ0n) is 20.1. The molecule has 0 spiro atoms. The first-order valence-corrected chi connectivity index (χ1v) is 12.8. The molecule has 0 aromatic heterocycles. The topological polar surface area (TPSA) is 23.6 Å². The van der Waals surface area contributed by atoms with Crippen LogP contribution in [-0.4, -0.2) is 48.9 Å². The van der Waals surface area contributed by atoms with E-state index in [0.717, 1.165) is 43.6 Å². The Hall–Kier alpha value is -2.13. The van der Waals surface area contributed by atoms with E-state index in [4.69, 9.17) is 0 Å². The smallest absolute Gasteiger partial charge is 0.253 e. The van der Waals surface area contributed by atoms with Gasteiger partial charge in [-0.3, -0.25) is 4.79 Å². The minimum Gasteiger partial charge on any atom is -0.336 e. The van der Waals surface area contributed by atoms with Gasteiger partial charge in [0.25, 0.3) is 5.91 Å². The van der Waals surface area contributed by atoms with Crippen LogP contribution >= 0.6 is 0 Å². The number of piperazine rings is 1. The third-order valence-corrected chi connectivity index (χ3v) is 7.70. The highest BCUT2D eigenvalue weighted by Gasteiger charge is 2.22. The maximum Gasteiger partial charge on any atom is 0.253 e. The zero-order valence-corrected chi connectivity index (χ0v) is 20.1. The molecule has 4 rings (SSSR count). The highest BCUT2D eigenvalue weighted by molar-refractivity contribution is 5.94. The molecule has 1 heterocycles. The van der Waals surface area contributed by atoms with E-state index in [9.17, 15) is 4.79 Å². The number of amides is 1. The van der Waals surface area contributed by atoms with Gasteiger partial charge in [-0.1, -0.05) is 69.0 Å². The lowest BCUT2D eigenvalue weighted by molar-refractivity contribution is 0.0664. The van der Waals surface area contributed by atoms with Crippen LogP contribution < -0.4 is 0 Å². The number of benzene rings is 2. The normalized spacial score (nSPS) is 22.1. The van der Waals surface area contributed by atoms with Crippen LogP contribution in [0, 0.1) is 5.92 Å². The average Bonchev–Trinajstić information content (AvgIpc) is 2.85. The molecule has 32 heavy (non-hydrogen) atoms. The fraction of sp³-hybridized carbons (Fsp3) is 0.552. The first-order valence-electron chi connectivity index (χ1n) is 12.8. The molecule has 0 unspecified atom stereocenters. The Morgan fingerprint density at radius 2 is 1.41 bits per heavy atom. The highest BCUT2D eigenvalue weighted by Crippen LogP contribution is 2.38. The first-order chi connectivity index (χ1) is 15.6. The highest BCUT2D eigenvalue weighted by atomic mass is 16.2. The molecule has 2 fully saturated rings. The molecule has 0 N–H and O–H groups in total. The molecule has 2 aromatic rings. The lowest BCUT2D eigenvalue weighted by Gasteiger charge is -2.32. The molecule has 3 nitrogen and oxygen atoms in total. The van der Waals surface area contributed by atoms with Gasteiger partial charge in [0, 0.05) is 31.7 Å². The second kappa shape index (κ2) is 11.1. The van der Waals surface area contributed by atoms with Gasteiger partial charge in [0.2, 0.25) is 0 Å². The lowest BCUT2D eigenvalue weighted by atomic mass is 9.77. The van der Waals surface area contributed by atoms with Gasteiger partial charge in [-0.25, -0.2) is 0 Å². The quantitative estimate of drug-likeness (QED) is 0.460. The fourth-order valence-corrected chi connectivity index (χ4v) is 5.41. The summed E-state index contributed by atoms with van der Waals surface area (Å²) < 4.78 is 0. The van der Waals surface area contributed by atoms with Gasteiger partial charge in [-0.05, 0) is 73.4 Å². The molecule has 172 valence electrons. The van der Waals surface area contributed by atoms with Crippen molar-refractivity contribution < 1.29 is 4.79 Å². The van der Waals surface area contributed by atoms with E-state index in [1.165, 1.54) is 68.1 Å². The summed E-state index contributed by atoms with van der Waals surface area (Å²) >= 11 is 0.